The highest BCUT2D eigenvalue weighted by Gasteiger charge is 2.25. The lowest BCUT2D eigenvalue weighted by molar-refractivity contribution is 0.0710. The minimum atomic E-state index is 0.119. The van der Waals surface area contributed by atoms with Crippen molar-refractivity contribution in [3.63, 3.8) is 0 Å². The van der Waals surface area contributed by atoms with Gasteiger partial charge in [0, 0.05) is 24.6 Å². The first-order valence-corrected chi connectivity index (χ1v) is 7.05. The number of hydrogen-bond donors (Lipinski definition) is 1. The van der Waals surface area contributed by atoms with Crippen LogP contribution >= 0.6 is 12.2 Å². The summed E-state index contributed by atoms with van der Waals surface area (Å²) in [6.45, 7) is 5.52. The number of likely N-dealkylation sites (tertiary alicyclic amines) is 1. The molecular weight excluding hydrogens is 256 g/mol. The van der Waals surface area contributed by atoms with Crippen LogP contribution in [0.2, 0.25) is 0 Å². The van der Waals surface area contributed by atoms with Gasteiger partial charge in [-0.1, -0.05) is 29.4 Å². The molecule has 1 aromatic carbocycles. The number of nitrogens with zero attached hydrogens (tertiary/aromatic N) is 1. The summed E-state index contributed by atoms with van der Waals surface area (Å²) < 4.78 is 0. The zero-order valence-corrected chi connectivity index (χ0v) is 12.3. The second-order valence-electron chi connectivity index (χ2n) is 5.35. The molecule has 0 aromatic heterocycles. The number of hydrogen-bond acceptors (Lipinski definition) is 2. The molecule has 0 bridgehead atoms. The van der Waals surface area contributed by atoms with Crippen LogP contribution in [-0.2, 0) is 0 Å². The molecule has 3 nitrogen and oxygen atoms in total. The number of piperidine rings is 1. The maximum atomic E-state index is 12.4. The molecule has 2 N–H and O–H groups in total. The SMILES string of the molecule is Cc1cc(C)cc(C(=O)N2CCC(C(N)=S)CC2)c1. The third-order valence-corrected chi connectivity index (χ3v) is 3.99. The minimum absolute atomic E-state index is 0.119. The molecule has 1 fully saturated rings. The fourth-order valence-corrected chi connectivity index (χ4v) is 2.88. The lowest BCUT2D eigenvalue weighted by Crippen LogP contribution is -2.41. The second kappa shape index (κ2) is 5.70. The summed E-state index contributed by atoms with van der Waals surface area (Å²) in [5, 5.41) is 0. The van der Waals surface area contributed by atoms with Gasteiger partial charge in [-0.05, 0) is 38.8 Å². The third kappa shape index (κ3) is 3.32. The first kappa shape index (κ1) is 14.0. The van der Waals surface area contributed by atoms with Gasteiger partial charge in [0.2, 0.25) is 0 Å². The molecule has 0 aliphatic carbocycles. The molecule has 0 saturated carbocycles. The van der Waals surface area contributed by atoms with Crippen LogP contribution in [0.1, 0.15) is 34.3 Å². The molecule has 1 amide bonds. The number of amides is 1. The Morgan fingerprint density at radius 1 is 1.21 bits per heavy atom. The van der Waals surface area contributed by atoms with Crippen molar-refractivity contribution in [2.45, 2.75) is 26.7 Å². The van der Waals surface area contributed by atoms with Crippen LogP contribution < -0.4 is 5.73 Å². The van der Waals surface area contributed by atoms with E-state index >= 15 is 0 Å². The molecule has 1 saturated heterocycles. The van der Waals surface area contributed by atoms with Gasteiger partial charge in [-0.25, -0.2) is 0 Å². The molecule has 0 atom stereocenters. The maximum absolute atomic E-state index is 12.4. The van der Waals surface area contributed by atoms with Gasteiger partial charge in [-0.2, -0.15) is 0 Å². The molecule has 1 aliphatic heterocycles. The van der Waals surface area contributed by atoms with Crippen molar-refractivity contribution < 1.29 is 4.79 Å². The van der Waals surface area contributed by atoms with E-state index in [1.807, 2.05) is 30.9 Å². The van der Waals surface area contributed by atoms with Gasteiger partial charge in [0.1, 0.15) is 0 Å². The van der Waals surface area contributed by atoms with Crippen LogP contribution in [-0.4, -0.2) is 28.9 Å². The van der Waals surface area contributed by atoms with Gasteiger partial charge in [0.05, 0.1) is 4.99 Å². The van der Waals surface area contributed by atoms with E-state index in [4.69, 9.17) is 18.0 Å². The molecule has 19 heavy (non-hydrogen) atoms. The van der Waals surface area contributed by atoms with Gasteiger partial charge in [0.25, 0.3) is 5.91 Å². The maximum Gasteiger partial charge on any atom is 0.253 e. The predicted molar refractivity (Wildman–Crippen MR) is 81.3 cm³/mol. The van der Waals surface area contributed by atoms with Crippen molar-refractivity contribution in [1.29, 1.82) is 0 Å². The Kier molecular flexibility index (Phi) is 4.20. The Hall–Kier alpha value is -1.42. The standard InChI is InChI=1S/C15H20N2OS/c1-10-7-11(2)9-13(8-10)15(18)17-5-3-12(4-6-17)14(16)19/h7-9,12H,3-6H2,1-2H3,(H2,16,19). The number of benzene rings is 1. The van der Waals surface area contributed by atoms with E-state index in [1.165, 1.54) is 0 Å². The molecule has 102 valence electrons. The van der Waals surface area contributed by atoms with E-state index in [0.717, 1.165) is 42.6 Å². The van der Waals surface area contributed by atoms with E-state index in [2.05, 4.69) is 6.07 Å². The number of carbonyl (C=O) groups is 1. The number of thiocarbonyl (C=S) groups is 1. The van der Waals surface area contributed by atoms with E-state index < -0.39 is 0 Å². The van der Waals surface area contributed by atoms with Crippen molar-refractivity contribution >= 4 is 23.1 Å². The fourth-order valence-electron chi connectivity index (χ4n) is 2.65. The summed E-state index contributed by atoms with van der Waals surface area (Å²) in [7, 11) is 0. The average Bonchev–Trinajstić information content (AvgIpc) is 2.37. The smallest absolute Gasteiger partial charge is 0.253 e. The molecular formula is C15H20N2OS. The predicted octanol–water partition coefficient (Wildman–Crippen LogP) is 2.44. The van der Waals surface area contributed by atoms with Crippen LogP contribution in [0.4, 0.5) is 0 Å². The Balaban J connectivity index is 2.07. The largest absolute Gasteiger partial charge is 0.393 e. The van der Waals surface area contributed by atoms with Crippen LogP contribution in [0.15, 0.2) is 18.2 Å². The van der Waals surface area contributed by atoms with Crippen molar-refractivity contribution in [2.24, 2.45) is 11.7 Å². The topological polar surface area (TPSA) is 46.3 Å². The third-order valence-electron chi connectivity index (χ3n) is 3.65. The molecule has 0 radical (unpaired) electrons. The molecule has 1 heterocycles. The van der Waals surface area contributed by atoms with E-state index in [1.54, 1.807) is 0 Å². The Morgan fingerprint density at radius 2 is 1.74 bits per heavy atom. The van der Waals surface area contributed by atoms with Crippen LogP contribution in [0.25, 0.3) is 0 Å². The molecule has 2 rings (SSSR count). The van der Waals surface area contributed by atoms with Crippen LogP contribution in [0.3, 0.4) is 0 Å². The normalized spacial score (nSPS) is 16.4. The molecule has 0 spiro atoms. The quantitative estimate of drug-likeness (QED) is 0.844. The number of carbonyl (C=O) groups excluding carboxylic acids is 1. The summed E-state index contributed by atoms with van der Waals surface area (Å²) in [6.07, 6.45) is 1.76. The highest BCUT2D eigenvalue weighted by Crippen LogP contribution is 2.20. The van der Waals surface area contributed by atoms with Gasteiger partial charge in [0.15, 0.2) is 0 Å². The van der Waals surface area contributed by atoms with Gasteiger partial charge in [-0.3, -0.25) is 4.79 Å². The van der Waals surface area contributed by atoms with Crippen molar-refractivity contribution in [3.8, 4) is 0 Å². The highest BCUT2D eigenvalue weighted by molar-refractivity contribution is 7.80. The lowest BCUT2D eigenvalue weighted by atomic mass is 9.96. The zero-order chi connectivity index (χ0) is 14.0. The number of nitrogens with two attached hydrogens (primary N) is 1. The highest BCUT2D eigenvalue weighted by atomic mass is 32.1. The van der Waals surface area contributed by atoms with Gasteiger partial charge in [-0.15, -0.1) is 0 Å². The first-order valence-electron chi connectivity index (χ1n) is 6.64. The van der Waals surface area contributed by atoms with Crippen molar-refractivity contribution in [2.75, 3.05) is 13.1 Å². The van der Waals surface area contributed by atoms with Gasteiger partial charge < -0.3 is 10.6 Å². The summed E-state index contributed by atoms with van der Waals surface area (Å²) >= 11 is 5.02. The molecule has 1 aromatic rings. The van der Waals surface area contributed by atoms with Crippen LogP contribution in [0.5, 0.6) is 0 Å². The summed E-state index contributed by atoms with van der Waals surface area (Å²) in [4.78, 5) is 14.9. The summed E-state index contributed by atoms with van der Waals surface area (Å²) in [6, 6.07) is 5.99. The zero-order valence-electron chi connectivity index (χ0n) is 11.5. The summed E-state index contributed by atoms with van der Waals surface area (Å²) in [5.74, 6) is 0.409. The van der Waals surface area contributed by atoms with E-state index in [-0.39, 0.29) is 5.91 Å². The van der Waals surface area contributed by atoms with Gasteiger partial charge >= 0.3 is 0 Å². The second-order valence-corrected chi connectivity index (χ2v) is 5.82. The van der Waals surface area contributed by atoms with Crippen LogP contribution in [0, 0.1) is 19.8 Å². The number of aryl methyl sites for hydroxylation is 2. The first-order chi connectivity index (χ1) is 8.97. The van der Waals surface area contributed by atoms with Crippen molar-refractivity contribution in [1.82, 2.24) is 4.90 Å². The molecule has 4 heteroatoms. The Morgan fingerprint density at radius 3 is 2.21 bits per heavy atom. The van der Waals surface area contributed by atoms with E-state index in [0.29, 0.717) is 10.9 Å². The fraction of sp³-hybridized carbons (Fsp3) is 0.467. The van der Waals surface area contributed by atoms with E-state index in [9.17, 15) is 4.79 Å². The average molecular weight is 276 g/mol. The Bertz CT molecular complexity index is 485. The number of rotatable bonds is 2. The molecule has 0 unspecified atom stereocenters. The minimum Gasteiger partial charge on any atom is -0.393 e. The Labute approximate surface area is 119 Å². The lowest BCUT2D eigenvalue weighted by Gasteiger charge is -2.31. The monoisotopic (exact) mass is 276 g/mol. The van der Waals surface area contributed by atoms with Crippen molar-refractivity contribution in [3.05, 3.63) is 34.9 Å². The molecule has 1 aliphatic rings. The summed E-state index contributed by atoms with van der Waals surface area (Å²) in [5.41, 5.74) is 8.70.